The highest BCUT2D eigenvalue weighted by molar-refractivity contribution is 5.96. The Morgan fingerprint density at radius 1 is 1.15 bits per heavy atom. The molecule has 102 valence electrons. The van der Waals surface area contributed by atoms with Gasteiger partial charge in [-0.1, -0.05) is 35.9 Å². The first-order valence-electron chi connectivity index (χ1n) is 7.24. The van der Waals surface area contributed by atoms with Crippen molar-refractivity contribution in [3.8, 4) is 0 Å². The maximum Gasteiger partial charge on any atom is 0.163 e. The first-order chi connectivity index (χ1) is 9.72. The molecule has 0 unspecified atom stereocenters. The molecule has 0 bridgehead atoms. The van der Waals surface area contributed by atoms with E-state index in [0.717, 1.165) is 30.4 Å². The summed E-state index contributed by atoms with van der Waals surface area (Å²) in [5, 5.41) is 0. The topological polar surface area (TPSA) is 34.1 Å². The molecule has 0 radical (unpaired) electrons. The molecule has 3 rings (SSSR count). The molecule has 2 aliphatic carbocycles. The highest BCUT2D eigenvalue weighted by Gasteiger charge is 2.17. The molecule has 0 fully saturated rings. The summed E-state index contributed by atoms with van der Waals surface area (Å²) in [5.41, 5.74) is 4.33. The fraction of sp³-hybridized carbons (Fsp3) is 0.333. The monoisotopic (exact) mass is 266 g/mol. The third-order valence-corrected chi connectivity index (χ3v) is 4.08. The molecular weight excluding hydrogens is 248 g/mol. The van der Waals surface area contributed by atoms with Crippen molar-refractivity contribution in [1.29, 1.82) is 0 Å². The van der Waals surface area contributed by atoms with Gasteiger partial charge >= 0.3 is 0 Å². The van der Waals surface area contributed by atoms with Gasteiger partial charge in [-0.2, -0.15) is 0 Å². The van der Waals surface area contributed by atoms with Crippen LogP contribution in [0, 0.1) is 0 Å². The van der Waals surface area contributed by atoms with E-state index < -0.39 is 0 Å². The van der Waals surface area contributed by atoms with Crippen LogP contribution < -0.4 is 0 Å². The molecular formula is C18H18O2. The Balaban J connectivity index is 1.69. The van der Waals surface area contributed by atoms with Crippen LogP contribution in [0.5, 0.6) is 0 Å². The zero-order valence-electron chi connectivity index (χ0n) is 11.5. The Kier molecular flexibility index (Phi) is 3.64. The number of rotatable bonds is 4. The van der Waals surface area contributed by atoms with Crippen molar-refractivity contribution in [3.63, 3.8) is 0 Å². The normalized spacial score (nSPS) is 17.0. The summed E-state index contributed by atoms with van der Waals surface area (Å²) in [6.45, 7) is 0. The lowest BCUT2D eigenvalue weighted by molar-refractivity contribution is -0.118. The van der Waals surface area contributed by atoms with Crippen LogP contribution in [0.25, 0.3) is 0 Å². The Morgan fingerprint density at radius 3 is 2.85 bits per heavy atom. The van der Waals surface area contributed by atoms with Crippen LogP contribution in [-0.4, -0.2) is 11.6 Å². The quantitative estimate of drug-likeness (QED) is 0.780. The summed E-state index contributed by atoms with van der Waals surface area (Å²) < 4.78 is 0. The van der Waals surface area contributed by atoms with Crippen molar-refractivity contribution in [2.24, 2.45) is 0 Å². The lowest BCUT2D eigenvalue weighted by atomic mass is 9.88. The number of Topliss-reactive ketones (excluding diaryl/α,β-unsaturated/α-hetero) is 2. The van der Waals surface area contributed by atoms with Gasteiger partial charge in [-0.3, -0.25) is 9.59 Å². The van der Waals surface area contributed by atoms with Crippen LogP contribution in [0.4, 0.5) is 0 Å². The van der Waals surface area contributed by atoms with E-state index in [1.165, 1.54) is 11.1 Å². The van der Waals surface area contributed by atoms with Crippen LogP contribution in [-0.2, 0) is 17.6 Å². The minimum atomic E-state index is 0.200. The Labute approximate surface area is 119 Å². The summed E-state index contributed by atoms with van der Waals surface area (Å²) in [4.78, 5) is 23.6. The predicted molar refractivity (Wildman–Crippen MR) is 78.9 cm³/mol. The van der Waals surface area contributed by atoms with Crippen molar-refractivity contribution in [1.82, 2.24) is 0 Å². The number of fused-ring (bicyclic) bond motifs is 1. The molecule has 0 heterocycles. The molecule has 1 aromatic rings. The molecule has 0 aromatic heterocycles. The van der Waals surface area contributed by atoms with E-state index in [2.05, 4.69) is 18.2 Å². The van der Waals surface area contributed by atoms with E-state index >= 15 is 0 Å². The maximum atomic E-state index is 12.2. The number of hydrogen-bond acceptors (Lipinski definition) is 2. The van der Waals surface area contributed by atoms with Gasteiger partial charge in [0, 0.05) is 24.8 Å². The minimum Gasteiger partial charge on any atom is -0.299 e. The average Bonchev–Trinajstić information content (AvgIpc) is 2.97. The minimum absolute atomic E-state index is 0.200. The number of aryl methyl sites for hydroxylation is 1. The van der Waals surface area contributed by atoms with Gasteiger partial charge in [0.25, 0.3) is 0 Å². The lowest BCUT2D eigenvalue weighted by Crippen LogP contribution is -2.14. The molecule has 0 spiro atoms. The second-order valence-corrected chi connectivity index (χ2v) is 5.54. The van der Waals surface area contributed by atoms with Gasteiger partial charge in [-0.25, -0.2) is 0 Å². The third-order valence-electron chi connectivity index (χ3n) is 4.08. The molecule has 20 heavy (non-hydrogen) atoms. The first kappa shape index (κ1) is 13.0. The summed E-state index contributed by atoms with van der Waals surface area (Å²) in [6.07, 6.45) is 10.7. The van der Waals surface area contributed by atoms with Gasteiger partial charge in [0.05, 0.1) is 0 Å². The van der Waals surface area contributed by atoms with E-state index in [9.17, 15) is 9.59 Å². The standard InChI is InChI=1S/C18H18O2/c19-17-9-8-14-11-16(7-6-15(14)12-17)18(20)10-5-13-3-1-2-4-13/h1,3-4,6-7,11H,2,5,8-10,12H2. The van der Waals surface area contributed by atoms with Gasteiger partial charge in [-0.15, -0.1) is 0 Å². The molecule has 2 nitrogen and oxygen atoms in total. The Morgan fingerprint density at radius 2 is 2.05 bits per heavy atom. The van der Waals surface area contributed by atoms with Crippen molar-refractivity contribution in [3.05, 3.63) is 58.7 Å². The summed E-state index contributed by atoms with van der Waals surface area (Å²) >= 11 is 0. The largest absolute Gasteiger partial charge is 0.299 e. The second kappa shape index (κ2) is 5.58. The average molecular weight is 266 g/mol. The summed E-state index contributed by atoms with van der Waals surface area (Å²) in [6, 6.07) is 5.82. The van der Waals surface area contributed by atoms with E-state index in [1.807, 2.05) is 18.2 Å². The first-order valence-corrected chi connectivity index (χ1v) is 7.24. The third kappa shape index (κ3) is 2.79. The zero-order valence-corrected chi connectivity index (χ0v) is 11.5. The van der Waals surface area contributed by atoms with E-state index in [0.29, 0.717) is 25.0 Å². The van der Waals surface area contributed by atoms with Gasteiger partial charge in [-0.05, 0) is 36.5 Å². The SMILES string of the molecule is O=C1CCc2cc(C(=O)CCC3=CCC=C3)ccc2C1. The highest BCUT2D eigenvalue weighted by atomic mass is 16.1. The molecule has 0 amide bonds. The van der Waals surface area contributed by atoms with Crippen LogP contribution in [0.2, 0.25) is 0 Å². The molecule has 0 saturated carbocycles. The van der Waals surface area contributed by atoms with Crippen molar-refractivity contribution in [2.45, 2.75) is 38.5 Å². The number of benzene rings is 1. The zero-order chi connectivity index (χ0) is 13.9. The maximum absolute atomic E-state index is 12.2. The van der Waals surface area contributed by atoms with Crippen LogP contribution in [0.15, 0.2) is 42.0 Å². The number of hydrogen-bond donors (Lipinski definition) is 0. The molecule has 2 heteroatoms. The lowest BCUT2D eigenvalue weighted by Gasteiger charge is -2.15. The highest BCUT2D eigenvalue weighted by Crippen LogP contribution is 2.22. The van der Waals surface area contributed by atoms with Gasteiger partial charge in [0.1, 0.15) is 5.78 Å². The summed E-state index contributed by atoms with van der Waals surface area (Å²) in [5.74, 6) is 0.502. The summed E-state index contributed by atoms with van der Waals surface area (Å²) in [7, 11) is 0. The second-order valence-electron chi connectivity index (χ2n) is 5.54. The number of carbonyl (C=O) groups is 2. The van der Waals surface area contributed by atoms with Crippen LogP contribution in [0.3, 0.4) is 0 Å². The molecule has 1 aromatic carbocycles. The fourth-order valence-electron chi connectivity index (χ4n) is 2.87. The van der Waals surface area contributed by atoms with Crippen molar-refractivity contribution >= 4 is 11.6 Å². The van der Waals surface area contributed by atoms with E-state index in [-0.39, 0.29) is 5.78 Å². The van der Waals surface area contributed by atoms with Gasteiger partial charge < -0.3 is 0 Å². The number of ketones is 2. The Hall–Kier alpha value is -1.96. The van der Waals surface area contributed by atoms with E-state index in [4.69, 9.17) is 0 Å². The van der Waals surface area contributed by atoms with Crippen LogP contribution >= 0.6 is 0 Å². The van der Waals surface area contributed by atoms with E-state index in [1.54, 1.807) is 0 Å². The molecule has 0 N–H and O–H groups in total. The van der Waals surface area contributed by atoms with Gasteiger partial charge in [0.15, 0.2) is 5.78 Å². The van der Waals surface area contributed by atoms with Crippen molar-refractivity contribution < 1.29 is 9.59 Å². The number of allylic oxidation sites excluding steroid dienone is 4. The predicted octanol–water partition coefficient (Wildman–Crippen LogP) is 3.59. The molecule has 2 aliphatic rings. The smallest absolute Gasteiger partial charge is 0.163 e. The van der Waals surface area contributed by atoms with Gasteiger partial charge in [0.2, 0.25) is 0 Å². The fourth-order valence-corrected chi connectivity index (χ4v) is 2.87. The molecule has 0 atom stereocenters. The van der Waals surface area contributed by atoms with Crippen LogP contribution in [0.1, 0.15) is 47.2 Å². The molecule has 0 saturated heterocycles. The molecule has 0 aliphatic heterocycles. The van der Waals surface area contributed by atoms with Crippen molar-refractivity contribution in [2.75, 3.05) is 0 Å². The number of carbonyl (C=O) groups excluding carboxylic acids is 2. The Bertz CT molecular complexity index is 620.